The molecule has 1 heterocycles. The Morgan fingerprint density at radius 2 is 1.82 bits per heavy atom. The Balaban J connectivity index is 1.69. The van der Waals surface area contributed by atoms with E-state index in [9.17, 15) is 4.79 Å². The number of aliphatic hydroxyl groups is 1. The van der Waals surface area contributed by atoms with Crippen molar-refractivity contribution in [3.05, 3.63) is 77.5 Å². The van der Waals surface area contributed by atoms with Gasteiger partial charge < -0.3 is 10.4 Å². The highest BCUT2D eigenvalue weighted by atomic mass is 16.3. The molecule has 0 saturated carbocycles. The van der Waals surface area contributed by atoms with E-state index in [1.54, 1.807) is 12.3 Å². The van der Waals surface area contributed by atoms with E-state index in [-0.39, 0.29) is 12.5 Å². The molecule has 0 radical (unpaired) electrons. The maximum Gasteiger partial charge on any atom is 0.251 e. The SMILES string of the molecule is O=C(NCc1ccc(CO)cc1)c1ccc2ncccc2c1. The number of carbonyl (C=O) groups is 1. The molecule has 0 fully saturated rings. The monoisotopic (exact) mass is 292 g/mol. The molecular formula is C18H16N2O2. The lowest BCUT2D eigenvalue weighted by molar-refractivity contribution is 0.0951. The third kappa shape index (κ3) is 3.13. The maximum absolute atomic E-state index is 12.2. The summed E-state index contributed by atoms with van der Waals surface area (Å²) in [6, 6.07) is 16.8. The predicted molar refractivity (Wildman–Crippen MR) is 85.3 cm³/mol. The Morgan fingerprint density at radius 3 is 2.59 bits per heavy atom. The third-order valence-electron chi connectivity index (χ3n) is 3.52. The Bertz CT molecular complexity index is 798. The lowest BCUT2D eigenvalue weighted by Crippen LogP contribution is -2.22. The first-order valence-corrected chi connectivity index (χ1v) is 7.08. The predicted octanol–water partition coefficient (Wildman–Crippen LogP) is 2.66. The summed E-state index contributed by atoms with van der Waals surface area (Å²) in [5.74, 6) is -0.114. The Morgan fingerprint density at radius 1 is 1.05 bits per heavy atom. The summed E-state index contributed by atoms with van der Waals surface area (Å²) in [5, 5.41) is 12.8. The van der Waals surface area contributed by atoms with Crippen LogP contribution < -0.4 is 5.32 Å². The molecule has 0 aliphatic carbocycles. The number of nitrogens with zero attached hydrogens (tertiary/aromatic N) is 1. The van der Waals surface area contributed by atoms with Gasteiger partial charge in [-0.2, -0.15) is 0 Å². The molecule has 0 bridgehead atoms. The van der Waals surface area contributed by atoms with E-state index >= 15 is 0 Å². The molecule has 22 heavy (non-hydrogen) atoms. The van der Waals surface area contributed by atoms with Gasteiger partial charge in [-0.3, -0.25) is 9.78 Å². The second-order valence-electron chi connectivity index (χ2n) is 5.07. The molecule has 1 amide bonds. The summed E-state index contributed by atoms with van der Waals surface area (Å²) in [5.41, 5.74) is 3.34. The lowest BCUT2D eigenvalue weighted by Gasteiger charge is -2.07. The smallest absolute Gasteiger partial charge is 0.251 e. The molecule has 2 aromatic carbocycles. The molecule has 0 aliphatic rings. The van der Waals surface area contributed by atoms with Crippen LogP contribution in [0.2, 0.25) is 0 Å². The average Bonchev–Trinajstić information content (AvgIpc) is 2.59. The Labute approximate surface area is 128 Å². The second kappa shape index (κ2) is 6.37. The van der Waals surface area contributed by atoms with E-state index in [2.05, 4.69) is 10.3 Å². The Kier molecular flexibility index (Phi) is 4.12. The first kappa shape index (κ1) is 14.2. The molecule has 0 spiro atoms. The fourth-order valence-electron chi connectivity index (χ4n) is 2.26. The van der Waals surface area contributed by atoms with Crippen molar-refractivity contribution in [3.63, 3.8) is 0 Å². The van der Waals surface area contributed by atoms with Crippen LogP contribution in [-0.2, 0) is 13.2 Å². The summed E-state index contributed by atoms with van der Waals surface area (Å²) in [4.78, 5) is 16.5. The topological polar surface area (TPSA) is 62.2 Å². The van der Waals surface area contributed by atoms with Crippen LogP contribution in [0.3, 0.4) is 0 Å². The number of hydrogen-bond acceptors (Lipinski definition) is 3. The fraction of sp³-hybridized carbons (Fsp3) is 0.111. The number of benzene rings is 2. The van der Waals surface area contributed by atoms with Crippen molar-refractivity contribution in [2.75, 3.05) is 0 Å². The molecule has 3 aromatic rings. The molecule has 2 N–H and O–H groups in total. The molecule has 0 atom stereocenters. The minimum absolute atomic E-state index is 0.0256. The van der Waals surface area contributed by atoms with Crippen molar-refractivity contribution < 1.29 is 9.90 Å². The highest BCUT2D eigenvalue weighted by Gasteiger charge is 2.06. The van der Waals surface area contributed by atoms with E-state index in [0.29, 0.717) is 12.1 Å². The second-order valence-corrected chi connectivity index (χ2v) is 5.07. The molecule has 3 rings (SSSR count). The van der Waals surface area contributed by atoms with Crippen molar-refractivity contribution >= 4 is 16.8 Å². The number of aromatic nitrogens is 1. The quantitative estimate of drug-likeness (QED) is 0.777. The van der Waals surface area contributed by atoms with Crippen LogP contribution in [0.15, 0.2) is 60.8 Å². The summed E-state index contributed by atoms with van der Waals surface area (Å²) in [6.07, 6.45) is 1.73. The number of pyridine rings is 1. The van der Waals surface area contributed by atoms with Crippen LogP contribution >= 0.6 is 0 Å². The van der Waals surface area contributed by atoms with Crippen molar-refractivity contribution in [3.8, 4) is 0 Å². The summed E-state index contributed by atoms with van der Waals surface area (Å²) in [7, 11) is 0. The Hall–Kier alpha value is -2.72. The van der Waals surface area contributed by atoms with Crippen LogP contribution in [-0.4, -0.2) is 16.0 Å². The summed E-state index contributed by atoms with van der Waals surface area (Å²) < 4.78 is 0. The van der Waals surface area contributed by atoms with Gasteiger partial charge in [-0.1, -0.05) is 30.3 Å². The summed E-state index contributed by atoms with van der Waals surface area (Å²) >= 11 is 0. The van der Waals surface area contributed by atoms with E-state index < -0.39 is 0 Å². The van der Waals surface area contributed by atoms with Crippen LogP contribution in [0.4, 0.5) is 0 Å². The number of aliphatic hydroxyl groups excluding tert-OH is 1. The lowest BCUT2D eigenvalue weighted by atomic mass is 10.1. The van der Waals surface area contributed by atoms with Gasteiger partial charge in [0.15, 0.2) is 0 Å². The van der Waals surface area contributed by atoms with E-state index in [0.717, 1.165) is 22.0 Å². The highest BCUT2D eigenvalue weighted by molar-refractivity contribution is 5.97. The number of amides is 1. The molecule has 0 aliphatic heterocycles. The first-order valence-electron chi connectivity index (χ1n) is 7.08. The van der Waals surface area contributed by atoms with Gasteiger partial charge >= 0.3 is 0 Å². The van der Waals surface area contributed by atoms with Gasteiger partial charge in [-0.05, 0) is 35.4 Å². The normalized spacial score (nSPS) is 10.6. The molecule has 0 saturated heterocycles. The van der Waals surface area contributed by atoms with E-state index in [4.69, 9.17) is 5.11 Å². The zero-order chi connectivity index (χ0) is 15.4. The van der Waals surface area contributed by atoms with Crippen molar-refractivity contribution in [2.45, 2.75) is 13.2 Å². The van der Waals surface area contributed by atoms with Gasteiger partial charge in [0.1, 0.15) is 0 Å². The molecule has 1 aromatic heterocycles. The molecule has 0 unspecified atom stereocenters. The van der Waals surface area contributed by atoms with E-state index in [1.165, 1.54) is 0 Å². The molecule has 4 nitrogen and oxygen atoms in total. The molecule has 110 valence electrons. The zero-order valence-corrected chi connectivity index (χ0v) is 12.0. The van der Waals surface area contributed by atoms with Crippen molar-refractivity contribution in [1.82, 2.24) is 10.3 Å². The number of nitrogens with one attached hydrogen (secondary N) is 1. The molecule has 4 heteroatoms. The van der Waals surface area contributed by atoms with Crippen LogP contribution in [0, 0.1) is 0 Å². The minimum Gasteiger partial charge on any atom is -0.392 e. The van der Waals surface area contributed by atoms with Crippen LogP contribution in [0.5, 0.6) is 0 Å². The zero-order valence-electron chi connectivity index (χ0n) is 12.0. The fourth-order valence-corrected chi connectivity index (χ4v) is 2.26. The average molecular weight is 292 g/mol. The van der Waals surface area contributed by atoms with Gasteiger partial charge in [0.2, 0.25) is 0 Å². The van der Waals surface area contributed by atoms with Crippen molar-refractivity contribution in [1.29, 1.82) is 0 Å². The maximum atomic E-state index is 12.2. The van der Waals surface area contributed by atoms with E-state index in [1.807, 2.05) is 48.5 Å². The van der Waals surface area contributed by atoms with Crippen LogP contribution in [0.25, 0.3) is 10.9 Å². The number of fused-ring (bicyclic) bond motifs is 1. The third-order valence-corrected chi connectivity index (χ3v) is 3.52. The van der Waals surface area contributed by atoms with Crippen molar-refractivity contribution in [2.24, 2.45) is 0 Å². The number of rotatable bonds is 4. The number of carbonyl (C=O) groups excluding carboxylic acids is 1. The number of hydrogen-bond donors (Lipinski definition) is 2. The largest absolute Gasteiger partial charge is 0.392 e. The van der Waals surface area contributed by atoms with Gasteiger partial charge in [0.25, 0.3) is 5.91 Å². The van der Waals surface area contributed by atoms with Gasteiger partial charge in [0, 0.05) is 23.7 Å². The summed E-state index contributed by atoms with van der Waals surface area (Å²) in [6.45, 7) is 0.480. The minimum atomic E-state index is -0.114. The van der Waals surface area contributed by atoms with Crippen LogP contribution in [0.1, 0.15) is 21.5 Å². The standard InChI is InChI=1S/C18H16N2O2/c21-12-14-5-3-13(4-6-14)11-20-18(22)16-7-8-17-15(10-16)2-1-9-19-17/h1-10,21H,11-12H2,(H,20,22). The van der Waals surface area contributed by atoms with Gasteiger partial charge in [-0.25, -0.2) is 0 Å². The molecular weight excluding hydrogens is 276 g/mol. The highest BCUT2D eigenvalue weighted by Crippen LogP contribution is 2.13. The van der Waals surface area contributed by atoms with Gasteiger partial charge in [-0.15, -0.1) is 0 Å². The first-order chi connectivity index (χ1) is 10.8. The van der Waals surface area contributed by atoms with Gasteiger partial charge in [0.05, 0.1) is 12.1 Å².